The van der Waals surface area contributed by atoms with Crippen molar-refractivity contribution >= 4 is 34.9 Å². The molecule has 1 N–H and O–H groups in total. The Bertz CT molecular complexity index is 973. The van der Waals surface area contributed by atoms with E-state index in [0.717, 1.165) is 5.56 Å². The van der Waals surface area contributed by atoms with E-state index >= 15 is 0 Å². The fourth-order valence-electron chi connectivity index (χ4n) is 3.35. The molecule has 0 bridgehead atoms. The predicted molar refractivity (Wildman–Crippen MR) is 103 cm³/mol. The minimum Gasteiger partial charge on any atom is -0.482 e. The van der Waals surface area contributed by atoms with Crippen LogP contribution < -0.4 is 10.1 Å². The summed E-state index contributed by atoms with van der Waals surface area (Å²) in [6.07, 6.45) is -0.242. The molecular formula is C21H18ClNO5. The normalized spacial score (nSPS) is 21.0. The van der Waals surface area contributed by atoms with Gasteiger partial charge in [0.1, 0.15) is 5.75 Å². The van der Waals surface area contributed by atoms with E-state index < -0.39 is 6.10 Å². The summed E-state index contributed by atoms with van der Waals surface area (Å²) >= 11 is 6.00. The Labute approximate surface area is 166 Å². The van der Waals surface area contributed by atoms with Crippen molar-refractivity contribution in [3.63, 3.8) is 0 Å². The molecule has 144 valence electrons. The number of carbonyl (C=O) groups excluding carboxylic acids is 3. The van der Waals surface area contributed by atoms with Crippen molar-refractivity contribution in [3.05, 3.63) is 58.6 Å². The van der Waals surface area contributed by atoms with Crippen LogP contribution in [0.25, 0.3) is 0 Å². The minimum atomic E-state index is -0.925. The standard InChI is InChI=1S/C21H18ClNO5/c1-11(20(25)13-5-6-18-17(8-13)23-19(24)10-27-18)28-21(26)16-9-15(16)12-3-2-4-14(22)7-12/h2-8,11,15-16H,9-10H2,1H3,(H,23,24). The molecule has 2 aromatic carbocycles. The van der Waals surface area contributed by atoms with E-state index in [2.05, 4.69) is 5.32 Å². The topological polar surface area (TPSA) is 81.7 Å². The fourth-order valence-corrected chi connectivity index (χ4v) is 3.55. The van der Waals surface area contributed by atoms with Crippen LogP contribution in [-0.2, 0) is 14.3 Å². The number of carbonyl (C=O) groups is 3. The second-order valence-electron chi connectivity index (χ2n) is 6.99. The van der Waals surface area contributed by atoms with Gasteiger partial charge >= 0.3 is 5.97 Å². The van der Waals surface area contributed by atoms with Crippen molar-refractivity contribution in [2.75, 3.05) is 11.9 Å². The first-order valence-electron chi connectivity index (χ1n) is 8.99. The van der Waals surface area contributed by atoms with Gasteiger partial charge in [0, 0.05) is 10.6 Å². The average Bonchev–Trinajstić information content (AvgIpc) is 3.48. The lowest BCUT2D eigenvalue weighted by Crippen LogP contribution is -2.27. The number of benzene rings is 2. The molecule has 1 aliphatic carbocycles. The van der Waals surface area contributed by atoms with Crippen LogP contribution >= 0.6 is 11.6 Å². The van der Waals surface area contributed by atoms with Gasteiger partial charge in [-0.25, -0.2) is 0 Å². The lowest BCUT2D eigenvalue weighted by molar-refractivity contribution is -0.148. The zero-order chi connectivity index (χ0) is 19.8. The van der Waals surface area contributed by atoms with Crippen LogP contribution in [0.2, 0.25) is 5.02 Å². The van der Waals surface area contributed by atoms with Crippen molar-refractivity contribution in [1.82, 2.24) is 0 Å². The Hall–Kier alpha value is -2.86. The number of nitrogens with one attached hydrogen (secondary N) is 1. The summed E-state index contributed by atoms with van der Waals surface area (Å²) in [7, 11) is 0. The van der Waals surface area contributed by atoms with Crippen LogP contribution in [0, 0.1) is 5.92 Å². The molecule has 3 atom stereocenters. The van der Waals surface area contributed by atoms with Gasteiger partial charge < -0.3 is 14.8 Å². The van der Waals surface area contributed by atoms with E-state index in [1.54, 1.807) is 25.1 Å². The Balaban J connectivity index is 1.39. The van der Waals surface area contributed by atoms with Crippen molar-refractivity contribution in [2.45, 2.75) is 25.4 Å². The van der Waals surface area contributed by atoms with Gasteiger partial charge in [-0.05, 0) is 55.2 Å². The predicted octanol–water partition coefficient (Wildman–Crippen LogP) is 3.59. The van der Waals surface area contributed by atoms with Gasteiger partial charge in [-0.15, -0.1) is 0 Å². The quantitative estimate of drug-likeness (QED) is 0.613. The number of amides is 1. The van der Waals surface area contributed by atoms with Gasteiger partial charge in [0.25, 0.3) is 5.91 Å². The zero-order valence-electron chi connectivity index (χ0n) is 15.1. The highest BCUT2D eigenvalue weighted by Gasteiger charge is 2.46. The van der Waals surface area contributed by atoms with Gasteiger partial charge in [0.2, 0.25) is 5.78 Å². The molecule has 1 aliphatic heterocycles. The maximum Gasteiger partial charge on any atom is 0.310 e. The maximum absolute atomic E-state index is 12.6. The van der Waals surface area contributed by atoms with Crippen LogP contribution in [0.3, 0.4) is 0 Å². The average molecular weight is 400 g/mol. The van der Waals surface area contributed by atoms with Crippen LogP contribution in [0.1, 0.15) is 35.2 Å². The molecule has 0 spiro atoms. The molecule has 0 saturated heterocycles. The third kappa shape index (κ3) is 3.73. The molecule has 3 unspecified atom stereocenters. The fraction of sp³-hybridized carbons (Fsp3) is 0.286. The Morgan fingerprint density at radius 3 is 2.86 bits per heavy atom. The monoisotopic (exact) mass is 399 g/mol. The van der Waals surface area contributed by atoms with E-state index in [1.807, 2.05) is 18.2 Å². The molecular weight excluding hydrogens is 382 g/mol. The largest absolute Gasteiger partial charge is 0.482 e. The van der Waals surface area contributed by atoms with Crippen LogP contribution in [0.5, 0.6) is 5.75 Å². The summed E-state index contributed by atoms with van der Waals surface area (Å²) in [5, 5.41) is 3.29. The molecule has 1 saturated carbocycles. The first kappa shape index (κ1) is 18.5. The van der Waals surface area contributed by atoms with Crippen LogP contribution in [0.15, 0.2) is 42.5 Å². The summed E-state index contributed by atoms with van der Waals surface area (Å²) in [6.45, 7) is 1.50. The number of rotatable bonds is 5. The molecule has 6 nitrogen and oxygen atoms in total. The van der Waals surface area contributed by atoms with Gasteiger partial charge in [-0.3, -0.25) is 14.4 Å². The summed E-state index contributed by atoms with van der Waals surface area (Å²) in [5.74, 6) is -0.689. The van der Waals surface area contributed by atoms with E-state index in [1.165, 1.54) is 6.07 Å². The highest BCUT2D eigenvalue weighted by Crippen LogP contribution is 2.48. The van der Waals surface area contributed by atoms with Gasteiger partial charge in [-0.2, -0.15) is 0 Å². The second-order valence-corrected chi connectivity index (χ2v) is 7.43. The van der Waals surface area contributed by atoms with Gasteiger partial charge in [0.05, 0.1) is 11.6 Å². The second kappa shape index (κ2) is 7.28. The van der Waals surface area contributed by atoms with E-state index in [4.69, 9.17) is 21.1 Å². The lowest BCUT2D eigenvalue weighted by atomic mass is 10.1. The summed E-state index contributed by atoms with van der Waals surface area (Å²) in [4.78, 5) is 36.5. The van der Waals surface area contributed by atoms with E-state index in [0.29, 0.717) is 28.4 Å². The smallest absolute Gasteiger partial charge is 0.310 e. The summed E-state index contributed by atoms with van der Waals surface area (Å²) < 4.78 is 10.7. The summed E-state index contributed by atoms with van der Waals surface area (Å²) in [5.41, 5.74) is 1.77. The number of hydrogen-bond donors (Lipinski definition) is 1. The van der Waals surface area contributed by atoms with Gasteiger partial charge in [0.15, 0.2) is 12.7 Å². The highest BCUT2D eigenvalue weighted by atomic mass is 35.5. The number of anilines is 1. The molecule has 28 heavy (non-hydrogen) atoms. The van der Waals surface area contributed by atoms with Crippen molar-refractivity contribution in [3.8, 4) is 5.75 Å². The number of hydrogen-bond acceptors (Lipinski definition) is 5. The number of esters is 1. The third-order valence-electron chi connectivity index (χ3n) is 4.93. The molecule has 0 aromatic heterocycles. The SMILES string of the molecule is CC(OC(=O)C1CC1c1cccc(Cl)c1)C(=O)c1ccc2c(c1)NC(=O)CO2. The van der Waals surface area contributed by atoms with Crippen molar-refractivity contribution in [1.29, 1.82) is 0 Å². The molecule has 4 rings (SSSR count). The van der Waals surface area contributed by atoms with Crippen LogP contribution in [0.4, 0.5) is 5.69 Å². The van der Waals surface area contributed by atoms with E-state index in [9.17, 15) is 14.4 Å². The summed E-state index contributed by atoms with van der Waals surface area (Å²) in [6, 6.07) is 12.2. The highest BCUT2D eigenvalue weighted by molar-refractivity contribution is 6.30. The Morgan fingerprint density at radius 2 is 2.07 bits per heavy atom. The van der Waals surface area contributed by atoms with E-state index in [-0.39, 0.29) is 36.1 Å². The van der Waals surface area contributed by atoms with Crippen LogP contribution in [-0.4, -0.2) is 30.4 Å². The Kier molecular flexibility index (Phi) is 4.81. The van der Waals surface area contributed by atoms with Crippen molar-refractivity contribution in [2.24, 2.45) is 5.92 Å². The Morgan fingerprint density at radius 1 is 1.25 bits per heavy atom. The number of ether oxygens (including phenoxy) is 2. The molecule has 1 fully saturated rings. The third-order valence-corrected chi connectivity index (χ3v) is 5.16. The maximum atomic E-state index is 12.6. The minimum absolute atomic E-state index is 0.0521. The molecule has 1 amide bonds. The number of halogens is 1. The first-order valence-corrected chi connectivity index (χ1v) is 9.37. The molecule has 0 radical (unpaired) electrons. The molecule has 2 aromatic rings. The number of ketones is 1. The number of Topliss-reactive ketones (excluding diaryl/α,β-unsaturated/α-hetero) is 1. The first-order chi connectivity index (χ1) is 13.4. The zero-order valence-corrected chi connectivity index (χ0v) is 15.9. The van der Waals surface area contributed by atoms with Crippen molar-refractivity contribution < 1.29 is 23.9 Å². The molecule has 2 aliphatic rings. The number of fused-ring (bicyclic) bond motifs is 1. The van der Waals surface area contributed by atoms with Gasteiger partial charge in [-0.1, -0.05) is 23.7 Å². The molecule has 7 heteroatoms. The lowest BCUT2D eigenvalue weighted by Gasteiger charge is -2.19. The molecule has 1 heterocycles.